The summed E-state index contributed by atoms with van der Waals surface area (Å²) < 4.78 is 16.4. The summed E-state index contributed by atoms with van der Waals surface area (Å²) in [6, 6.07) is 5.58. The van der Waals surface area contributed by atoms with Crippen LogP contribution in [0.4, 0.5) is 5.69 Å². The highest BCUT2D eigenvalue weighted by Crippen LogP contribution is 2.50. The van der Waals surface area contributed by atoms with E-state index in [0.717, 1.165) is 11.1 Å². The number of benzene rings is 1. The molecule has 1 unspecified atom stereocenters. The van der Waals surface area contributed by atoms with Gasteiger partial charge in [0.05, 0.1) is 27.0 Å². The Morgan fingerprint density at radius 1 is 1.09 bits per heavy atom. The summed E-state index contributed by atoms with van der Waals surface area (Å²) in [6.07, 6.45) is 3.77. The number of hydrogen-bond acceptors (Lipinski definition) is 5. The molecule has 0 spiro atoms. The number of anilines is 1. The Hall–Kier alpha value is -2.76. The fourth-order valence-corrected chi connectivity index (χ4v) is 3.00. The van der Waals surface area contributed by atoms with Crippen LogP contribution in [0, 0.1) is 0 Å². The summed E-state index contributed by atoms with van der Waals surface area (Å²) in [6.45, 7) is 0. The van der Waals surface area contributed by atoms with Crippen molar-refractivity contribution in [1.82, 2.24) is 4.98 Å². The van der Waals surface area contributed by atoms with Crippen molar-refractivity contribution in [3.8, 4) is 17.2 Å². The molecule has 0 aliphatic carbocycles. The third kappa shape index (κ3) is 2.56. The summed E-state index contributed by atoms with van der Waals surface area (Å²) >= 11 is 0. The number of methoxy groups -OCH3 is 3. The lowest BCUT2D eigenvalue weighted by molar-refractivity contribution is -0.116. The van der Waals surface area contributed by atoms with E-state index in [1.807, 2.05) is 12.1 Å². The molecule has 1 N–H and O–H groups in total. The molecule has 1 aliphatic rings. The van der Waals surface area contributed by atoms with Gasteiger partial charge in [-0.25, -0.2) is 0 Å². The molecule has 3 rings (SSSR count). The van der Waals surface area contributed by atoms with Gasteiger partial charge >= 0.3 is 0 Å². The highest BCUT2D eigenvalue weighted by atomic mass is 16.5. The van der Waals surface area contributed by atoms with Crippen molar-refractivity contribution < 1.29 is 19.0 Å². The van der Waals surface area contributed by atoms with Crippen molar-refractivity contribution in [3.63, 3.8) is 0 Å². The number of aromatic nitrogens is 1. The largest absolute Gasteiger partial charge is 0.493 e. The fraction of sp³-hybridized carbons (Fsp3) is 0.294. The summed E-state index contributed by atoms with van der Waals surface area (Å²) in [7, 11) is 4.70. The zero-order valence-corrected chi connectivity index (χ0v) is 13.3. The van der Waals surface area contributed by atoms with Crippen LogP contribution in [-0.4, -0.2) is 32.2 Å². The molecule has 2 aromatic rings. The molecule has 1 aliphatic heterocycles. The van der Waals surface area contributed by atoms with E-state index >= 15 is 0 Å². The van der Waals surface area contributed by atoms with E-state index in [1.165, 1.54) is 0 Å². The van der Waals surface area contributed by atoms with Gasteiger partial charge in [0, 0.05) is 36.4 Å². The Bertz CT molecular complexity index is 731. The monoisotopic (exact) mass is 314 g/mol. The third-order valence-corrected chi connectivity index (χ3v) is 3.99. The number of nitrogens with one attached hydrogen (secondary N) is 1. The number of hydrogen-bond donors (Lipinski definition) is 1. The smallest absolute Gasteiger partial charge is 0.225 e. The molecular formula is C17H18N2O4. The average molecular weight is 314 g/mol. The summed E-state index contributed by atoms with van der Waals surface area (Å²) in [5, 5.41) is 2.89. The Kier molecular flexibility index (Phi) is 4.06. The Morgan fingerprint density at radius 3 is 2.39 bits per heavy atom. The Morgan fingerprint density at radius 2 is 1.78 bits per heavy atom. The van der Waals surface area contributed by atoms with Gasteiger partial charge < -0.3 is 19.5 Å². The van der Waals surface area contributed by atoms with Crippen molar-refractivity contribution in [2.75, 3.05) is 26.6 Å². The lowest BCUT2D eigenvalue weighted by Gasteiger charge is -2.29. The minimum Gasteiger partial charge on any atom is -0.493 e. The van der Waals surface area contributed by atoms with E-state index in [2.05, 4.69) is 10.3 Å². The van der Waals surface area contributed by atoms with Crippen LogP contribution in [-0.2, 0) is 4.79 Å². The van der Waals surface area contributed by atoms with Gasteiger partial charge in [-0.15, -0.1) is 0 Å². The van der Waals surface area contributed by atoms with Gasteiger partial charge in [0.15, 0.2) is 11.5 Å². The van der Waals surface area contributed by atoms with Crippen LogP contribution in [0.25, 0.3) is 0 Å². The van der Waals surface area contributed by atoms with Gasteiger partial charge in [-0.05, 0) is 17.7 Å². The topological polar surface area (TPSA) is 69.7 Å². The molecule has 0 bridgehead atoms. The van der Waals surface area contributed by atoms with Gasteiger partial charge in [0.2, 0.25) is 11.7 Å². The predicted molar refractivity (Wildman–Crippen MR) is 85.4 cm³/mol. The molecule has 0 saturated heterocycles. The molecule has 6 nitrogen and oxygen atoms in total. The van der Waals surface area contributed by atoms with Crippen molar-refractivity contribution in [3.05, 3.63) is 41.7 Å². The Balaban J connectivity index is 2.25. The number of nitrogens with zero attached hydrogens (tertiary/aromatic N) is 1. The van der Waals surface area contributed by atoms with Gasteiger partial charge in [-0.1, -0.05) is 0 Å². The first-order valence-corrected chi connectivity index (χ1v) is 7.22. The SMILES string of the molecule is COc1cc2c(c(OC)c1OC)C(c1ccncc1)CC(=O)N2. The van der Waals surface area contributed by atoms with E-state index in [-0.39, 0.29) is 11.8 Å². The van der Waals surface area contributed by atoms with E-state index in [0.29, 0.717) is 29.4 Å². The van der Waals surface area contributed by atoms with Gasteiger partial charge in [-0.3, -0.25) is 9.78 Å². The van der Waals surface area contributed by atoms with Crippen molar-refractivity contribution >= 4 is 11.6 Å². The fourth-order valence-electron chi connectivity index (χ4n) is 3.00. The van der Waals surface area contributed by atoms with Gasteiger partial charge in [-0.2, -0.15) is 0 Å². The van der Waals surface area contributed by atoms with Crippen LogP contribution in [0.2, 0.25) is 0 Å². The highest BCUT2D eigenvalue weighted by Gasteiger charge is 2.33. The van der Waals surface area contributed by atoms with Gasteiger partial charge in [0.1, 0.15) is 0 Å². The minimum atomic E-state index is -0.128. The maximum absolute atomic E-state index is 12.1. The first kappa shape index (κ1) is 15.1. The quantitative estimate of drug-likeness (QED) is 0.939. The van der Waals surface area contributed by atoms with Crippen LogP contribution >= 0.6 is 0 Å². The normalized spacial score (nSPS) is 16.3. The predicted octanol–water partition coefficient (Wildman–Crippen LogP) is 2.58. The second kappa shape index (κ2) is 6.16. The summed E-state index contributed by atoms with van der Waals surface area (Å²) in [5.41, 5.74) is 2.56. The van der Waals surface area contributed by atoms with Crippen LogP contribution in [0.1, 0.15) is 23.5 Å². The number of ether oxygens (including phenoxy) is 3. The van der Waals surface area contributed by atoms with Crippen LogP contribution in [0.3, 0.4) is 0 Å². The van der Waals surface area contributed by atoms with Crippen LogP contribution in [0.15, 0.2) is 30.6 Å². The number of fused-ring (bicyclic) bond motifs is 1. The lowest BCUT2D eigenvalue weighted by Crippen LogP contribution is -2.24. The summed E-state index contributed by atoms with van der Waals surface area (Å²) in [5.74, 6) is 1.43. The van der Waals surface area contributed by atoms with Crippen molar-refractivity contribution in [1.29, 1.82) is 0 Å². The third-order valence-electron chi connectivity index (χ3n) is 3.99. The first-order chi connectivity index (χ1) is 11.2. The molecule has 1 atom stereocenters. The van der Waals surface area contributed by atoms with E-state index in [4.69, 9.17) is 14.2 Å². The van der Waals surface area contributed by atoms with E-state index in [9.17, 15) is 4.79 Å². The molecule has 1 aromatic heterocycles. The molecule has 0 radical (unpaired) electrons. The molecule has 0 saturated carbocycles. The number of rotatable bonds is 4. The molecule has 23 heavy (non-hydrogen) atoms. The second-order valence-corrected chi connectivity index (χ2v) is 5.19. The Labute approximate surface area is 134 Å². The maximum Gasteiger partial charge on any atom is 0.225 e. The minimum absolute atomic E-state index is 0.0476. The molecule has 1 aromatic carbocycles. The van der Waals surface area contributed by atoms with E-state index in [1.54, 1.807) is 39.8 Å². The zero-order chi connectivity index (χ0) is 16.4. The maximum atomic E-state index is 12.1. The molecule has 2 heterocycles. The molecule has 120 valence electrons. The molecule has 1 amide bonds. The number of carbonyl (C=O) groups is 1. The summed E-state index contributed by atoms with van der Waals surface area (Å²) in [4.78, 5) is 16.2. The average Bonchev–Trinajstić information content (AvgIpc) is 2.59. The number of carbonyl (C=O) groups excluding carboxylic acids is 1. The van der Waals surface area contributed by atoms with Gasteiger partial charge in [0.25, 0.3) is 0 Å². The first-order valence-electron chi connectivity index (χ1n) is 7.22. The number of pyridine rings is 1. The van der Waals surface area contributed by atoms with Crippen LogP contribution in [0.5, 0.6) is 17.2 Å². The zero-order valence-electron chi connectivity index (χ0n) is 13.3. The van der Waals surface area contributed by atoms with Crippen molar-refractivity contribution in [2.45, 2.75) is 12.3 Å². The molecule has 0 fully saturated rings. The standard InChI is InChI=1S/C17H18N2O4/c1-21-13-9-12-15(17(23-3)16(13)22-2)11(8-14(20)19-12)10-4-6-18-7-5-10/h4-7,9,11H,8H2,1-3H3,(H,19,20). The van der Waals surface area contributed by atoms with Crippen molar-refractivity contribution in [2.24, 2.45) is 0 Å². The highest BCUT2D eigenvalue weighted by molar-refractivity contribution is 5.97. The molecular weight excluding hydrogens is 296 g/mol. The number of amides is 1. The van der Waals surface area contributed by atoms with Crippen LogP contribution < -0.4 is 19.5 Å². The van der Waals surface area contributed by atoms with E-state index < -0.39 is 0 Å². The lowest BCUT2D eigenvalue weighted by atomic mass is 9.84. The molecule has 6 heteroatoms. The second-order valence-electron chi connectivity index (χ2n) is 5.19.